The Balaban J connectivity index is 1.92. The molecule has 2 aliphatic carbocycles. The fourth-order valence-corrected chi connectivity index (χ4v) is 4.26. The van der Waals surface area contributed by atoms with Gasteiger partial charge in [-0.1, -0.05) is 48.0 Å². The van der Waals surface area contributed by atoms with Crippen molar-refractivity contribution in [3.05, 3.63) is 77.4 Å². The second-order valence-corrected chi connectivity index (χ2v) is 8.30. The molecule has 0 saturated heterocycles. The van der Waals surface area contributed by atoms with E-state index in [-0.39, 0.29) is 5.75 Å². The summed E-state index contributed by atoms with van der Waals surface area (Å²) in [7, 11) is -2.05. The molecule has 0 aromatic heterocycles. The maximum Gasteiger partial charge on any atom is 0.338 e. The summed E-state index contributed by atoms with van der Waals surface area (Å²) in [6.07, 6.45) is 0.327. The van der Waals surface area contributed by atoms with E-state index in [0.717, 1.165) is 22.3 Å². The van der Waals surface area contributed by atoms with Crippen LogP contribution in [-0.4, -0.2) is 27.2 Å². The van der Waals surface area contributed by atoms with E-state index in [1.165, 1.54) is 7.11 Å². The van der Waals surface area contributed by atoms with E-state index in [1.807, 2.05) is 37.3 Å². The molecule has 1 aromatic carbocycles. The normalized spacial score (nSPS) is 11.5. The molecule has 5 heteroatoms. The molecule has 0 heterocycles. The largest absolute Gasteiger partial charge is 0.465 e. The summed E-state index contributed by atoms with van der Waals surface area (Å²) in [5.74, 6) is -0.442. The summed E-state index contributed by atoms with van der Waals surface area (Å²) in [5, 5.41) is 0. The molecule has 0 unspecified atom stereocenters. The molecule has 4 nitrogen and oxygen atoms in total. The Labute approximate surface area is 153 Å². The Kier molecular flexibility index (Phi) is 5.09. The van der Waals surface area contributed by atoms with Gasteiger partial charge in [0.1, 0.15) is 0 Å². The van der Waals surface area contributed by atoms with Gasteiger partial charge in [0, 0.05) is 0 Å². The summed E-state index contributed by atoms with van der Waals surface area (Å²) in [5.41, 5.74) is 3.94. The number of methoxy groups -OCH3 is 1. The molecule has 0 bridgehead atoms. The van der Waals surface area contributed by atoms with E-state index in [0.29, 0.717) is 16.9 Å². The molecular formula is C21H20O4S. The van der Waals surface area contributed by atoms with Crippen molar-refractivity contribution >= 4 is 15.8 Å². The highest BCUT2D eigenvalue weighted by atomic mass is 32.2. The van der Waals surface area contributed by atoms with Gasteiger partial charge in [-0.15, -0.1) is 0 Å². The fraction of sp³-hybridized carbons (Fsp3) is 0.190. The van der Waals surface area contributed by atoms with Gasteiger partial charge in [0.15, 0.2) is 9.84 Å². The number of fused-ring (bicyclic) bond motifs is 1. The van der Waals surface area contributed by atoms with Gasteiger partial charge in [-0.3, -0.25) is 0 Å². The molecule has 0 atom stereocenters. The molecule has 1 aromatic rings. The van der Waals surface area contributed by atoms with Gasteiger partial charge < -0.3 is 4.74 Å². The van der Waals surface area contributed by atoms with Gasteiger partial charge in [-0.05, 0) is 48.2 Å². The van der Waals surface area contributed by atoms with Gasteiger partial charge in [-0.25, -0.2) is 13.2 Å². The molecule has 0 saturated carbocycles. The number of carbonyl (C=O) groups excluding carboxylic acids is 1. The number of esters is 1. The number of sulfone groups is 1. The minimum atomic E-state index is -3.39. The van der Waals surface area contributed by atoms with Crippen LogP contribution in [0, 0.1) is 6.92 Å². The first-order valence-electron chi connectivity index (χ1n) is 8.31. The summed E-state index contributed by atoms with van der Waals surface area (Å²) < 4.78 is 30.1. The van der Waals surface area contributed by atoms with Gasteiger partial charge in [0.25, 0.3) is 0 Å². The average Bonchev–Trinajstić information content (AvgIpc) is 2.80. The Hall–Kier alpha value is -2.66. The molecule has 3 rings (SSSR count). The van der Waals surface area contributed by atoms with Crippen LogP contribution in [0.4, 0.5) is 0 Å². The third-order valence-corrected chi connectivity index (χ3v) is 6.15. The SMILES string of the molecule is COC(=O)c1cc(CCS(=O)(=O)c2ccc(C)cc2)c2cccccc1-2. The van der Waals surface area contributed by atoms with Crippen molar-refractivity contribution in [3.8, 4) is 11.1 Å². The van der Waals surface area contributed by atoms with Crippen LogP contribution >= 0.6 is 0 Å². The molecule has 0 aliphatic heterocycles. The minimum Gasteiger partial charge on any atom is -0.465 e. The van der Waals surface area contributed by atoms with E-state index in [9.17, 15) is 13.2 Å². The molecule has 0 spiro atoms. The first-order valence-corrected chi connectivity index (χ1v) is 9.96. The maximum atomic E-state index is 12.6. The first kappa shape index (κ1) is 18.1. The van der Waals surface area contributed by atoms with E-state index in [1.54, 1.807) is 30.3 Å². The number of hydrogen-bond donors (Lipinski definition) is 0. The minimum absolute atomic E-state index is 0.0194. The monoisotopic (exact) mass is 368 g/mol. The number of carbonyl (C=O) groups is 1. The lowest BCUT2D eigenvalue weighted by molar-refractivity contribution is 0.0602. The third kappa shape index (κ3) is 3.63. The lowest BCUT2D eigenvalue weighted by Gasteiger charge is -2.06. The fourth-order valence-electron chi connectivity index (χ4n) is 2.99. The van der Waals surface area contributed by atoms with Crippen LogP contribution < -0.4 is 0 Å². The Morgan fingerprint density at radius 2 is 1.62 bits per heavy atom. The van der Waals surface area contributed by atoms with E-state index < -0.39 is 15.8 Å². The van der Waals surface area contributed by atoms with Crippen LogP contribution in [0.2, 0.25) is 0 Å². The smallest absolute Gasteiger partial charge is 0.338 e. The zero-order valence-electron chi connectivity index (χ0n) is 14.7. The first-order chi connectivity index (χ1) is 12.4. The maximum absolute atomic E-state index is 12.6. The van der Waals surface area contributed by atoms with Crippen LogP contribution in [0.3, 0.4) is 0 Å². The Morgan fingerprint density at radius 3 is 2.27 bits per heavy atom. The molecule has 2 aliphatic rings. The summed E-state index contributed by atoms with van der Waals surface area (Å²) in [4.78, 5) is 12.4. The van der Waals surface area contributed by atoms with Crippen LogP contribution in [0.15, 0.2) is 65.6 Å². The van der Waals surface area contributed by atoms with Gasteiger partial charge in [-0.2, -0.15) is 0 Å². The third-order valence-electron chi connectivity index (χ3n) is 4.42. The van der Waals surface area contributed by atoms with Crippen molar-refractivity contribution in [2.24, 2.45) is 0 Å². The van der Waals surface area contributed by atoms with Gasteiger partial charge in [0.2, 0.25) is 0 Å². The van der Waals surface area contributed by atoms with Gasteiger partial charge >= 0.3 is 5.97 Å². The van der Waals surface area contributed by atoms with Crippen molar-refractivity contribution in [1.29, 1.82) is 0 Å². The highest BCUT2D eigenvalue weighted by Gasteiger charge is 2.22. The molecule has 0 N–H and O–H groups in total. The Bertz CT molecular complexity index is 1000. The molecule has 0 radical (unpaired) electrons. The number of ether oxygens (including phenoxy) is 1. The van der Waals surface area contributed by atoms with Crippen LogP contribution in [0.25, 0.3) is 11.1 Å². The predicted molar refractivity (Wildman–Crippen MR) is 101 cm³/mol. The lowest BCUT2D eigenvalue weighted by Crippen LogP contribution is -2.09. The van der Waals surface area contributed by atoms with E-state index in [4.69, 9.17) is 4.74 Å². The highest BCUT2D eigenvalue weighted by Crippen LogP contribution is 2.33. The second-order valence-electron chi connectivity index (χ2n) is 6.19. The predicted octanol–water partition coefficient (Wildman–Crippen LogP) is 3.90. The van der Waals surface area contributed by atoms with Crippen molar-refractivity contribution in [2.75, 3.05) is 12.9 Å². The van der Waals surface area contributed by atoms with Crippen LogP contribution in [-0.2, 0) is 21.0 Å². The average molecular weight is 368 g/mol. The van der Waals surface area contributed by atoms with Crippen LogP contribution in [0.5, 0.6) is 0 Å². The molecule has 26 heavy (non-hydrogen) atoms. The standard InChI is InChI=1S/C21H20O4S/c1-15-8-10-17(11-9-15)26(23,24)13-12-16-14-20(21(22)25-2)19-7-5-3-4-6-18(16)19/h3-11,14H,12-13H2,1-2H3. The summed E-state index contributed by atoms with van der Waals surface area (Å²) >= 11 is 0. The lowest BCUT2D eigenvalue weighted by atomic mass is 10.1. The number of aryl methyl sites for hydroxylation is 2. The summed E-state index contributed by atoms with van der Waals surface area (Å²) in [6.45, 7) is 1.92. The topological polar surface area (TPSA) is 60.4 Å². The van der Waals surface area contributed by atoms with Crippen molar-refractivity contribution in [1.82, 2.24) is 0 Å². The quantitative estimate of drug-likeness (QED) is 0.641. The van der Waals surface area contributed by atoms with E-state index >= 15 is 0 Å². The Morgan fingerprint density at radius 1 is 0.962 bits per heavy atom. The highest BCUT2D eigenvalue weighted by molar-refractivity contribution is 7.91. The zero-order chi connectivity index (χ0) is 18.7. The van der Waals surface area contributed by atoms with Crippen molar-refractivity contribution in [3.63, 3.8) is 0 Å². The summed E-state index contributed by atoms with van der Waals surface area (Å²) in [6, 6.07) is 17.9. The number of rotatable bonds is 5. The molecular weight excluding hydrogens is 348 g/mol. The van der Waals surface area contributed by atoms with Crippen molar-refractivity contribution < 1.29 is 17.9 Å². The molecule has 0 fully saturated rings. The van der Waals surface area contributed by atoms with Crippen molar-refractivity contribution in [2.45, 2.75) is 18.2 Å². The number of benzene rings is 1. The number of hydrogen-bond acceptors (Lipinski definition) is 4. The van der Waals surface area contributed by atoms with Crippen LogP contribution in [0.1, 0.15) is 21.5 Å². The molecule has 134 valence electrons. The molecule has 0 amide bonds. The van der Waals surface area contributed by atoms with Gasteiger partial charge in [0.05, 0.1) is 23.3 Å². The second kappa shape index (κ2) is 7.30. The van der Waals surface area contributed by atoms with E-state index in [2.05, 4.69) is 0 Å². The zero-order valence-corrected chi connectivity index (χ0v) is 15.5.